The normalized spacial score (nSPS) is 13.9. The fraction of sp³-hybridized carbons (Fsp3) is 0.375. The van der Waals surface area contributed by atoms with Gasteiger partial charge in [0, 0.05) is 18.7 Å². The summed E-state index contributed by atoms with van der Waals surface area (Å²) in [5, 5.41) is 17.1. The molecule has 0 aliphatic rings. The van der Waals surface area contributed by atoms with Gasteiger partial charge in [0.05, 0.1) is 5.69 Å². The zero-order valence-corrected chi connectivity index (χ0v) is 12.6. The molecular weight excluding hydrogens is 266 g/mol. The summed E-state index contributed by atoms with van der Waals surface area (Å²) < 4.78 is 1.85. The molecule has 1 atom stereocenters. The molecule has 0 bridgehead atoms. The summed E-state index contributed by atoms with van der Waals surface area (Å²) in [6.45, 7) is 4.45. The molecule has 1 aromatic carbocycles. The fourth-order valence-corrected chi connectivity index (χ4v) is 2.65. The van der Waals surface area contributed by atoms with Crippen molar-refractivity contribution >= 4 is 5.97 Å². The number of carboxylic acids is 1. The molecule has 5 nitrogen and oxygen atoms in total. The van der Waals surface area contributed by atoms with Crippen LogP contribution in [0.3, 0.4) is 0 Å². The maximum atomic E-state index is 11.9. The van der Waals surface area contributed by atoms with Gasteiger partial charge in [-0.05, 0) is 32.5 Å². The second-order valence-corrected chi connectivity index (χ2v) is 5.23. The van der Waals surface area contributed by atoms with E-state index in [1.807, 2.05) is 54.9 Å². The van der Waals surface area contributed by atoms with Crippen LogP contribution in [0.2, 0.25) is 0 Å². The van der Waals surface area contributed by atoms with Crippen LogP contribution in [-0.4, -0.2) is 27.9 Å². The lowest BCUT2D eigenvalue weighted by Crippen LogP contribution is -2.48. The molecule has 0 fully saturated rings. The summed E-state index contributed by atoms with van der Waals surface area (Å²) in [6, 6.07) is 11.3. The van der Waals surface area contributed by atoms with Crippen molar-refractivity contribution in [3.8, 4) is 0 Å². The molecular formula is C16H21N3O2. The summed E-state index contributed by atoms with van der Waals surface area (Å²) >= 11 is 0. The van der Waals surface area contributed by atoms with Crippen LogP contribution in [0.4, 0.5) is 0 Å². The maximum Gasteiger partial charge on any atom is 0.328 e. The minimum Gasteiger partial charge on any atom is -0.480 e. The smallest absolute Gasteiger partial charge is 0.328 e. The van der Waals surface area contributed by atoms with Gasteiger partial charge in [-0.25, -0.2) is 4.79 Å². The topological polar surface area (TPSA) is 67.2 Å². The largest absolute Gasteiger partial charge is 0.480 e. The van der Waals surface area contributed by atoms with Crippen LogP contribution >= 0.6 is 0 Å². The standard InChI is InChI=1S/C16H21N3O2/c1-12-11-13(2)19(18-12)10-9-16(17-3,15(20)21)14-7-5-4-6-8-14/h4-8,11,17H,9-10H2,1-3H3,(H,20,21). The molecule has 0 aliphatic heterocycles. The van der Waals surface area contributed by atoms with Crippen molar-refractivity contribution in [2.75, 3.05) is 7.05 Å². The molecule has 1 unspecified atom stereocenters. The zero-order valence-electron chi connectivity index (χ0n) is 12.6. The minimum atomic E-state index is -1.10. The first-order chi connectivity index (χ1) is 9.99. The first-order valence-corrected chi connectivity index (χ1v) is 6.98. The summed E-state index contributed by atoms with van der Waals surface area (Å²) in [5.41, 5.74) is 1.63. The Kier molecular flexibility index (Phi) is 4.43. The van der Waals surface area contributed by atoms with E-state index >= 15 is 0 Å². The Labute approximate surface area is 124 Å². The van der Waals surface area contributed by atoms with Crippen LogP contribution in [0.1, 0.15) is 23.4 Å². The predicted molar refractivity (Wildman–Crippen MR) is 81.1 cm³/mol. The molecule has 5 heteroatoms. The van der Waals surface area contributed by atoms with E-state index in [1.54, 1.807) is 7.05 Å². The van der Waals surface area contributed by atoms with Crippen LogP contribution < -0.4 is 5.32 Å². The number of benzene rings is 1. The Morgan fingerprint density at radius 2 is 2.00 bits per heavy atom. The van der Waals surface area contributed by atoms with Gasteiger partial charge in [-0.2, -0.15) is 5.10 Å². The average Bonchev–Trinajstić information content (AvgIpc) is 2.79. The number of carboxylic acid groups (broad SMARTS) is 1. The Morgan fingerprint density at radius 3 is 2.48 bits per heavy atom. The molecule has 0 aliphatic carbocycles. The van der Waals surface area contributed by atoms with E-state index in [4.69, 9.17) is 0 Å². The highest BCUT2D eigenvalue weighted by Crippen LogP contribution is 2.26. The van der Waals surface area contributed by atoms with Crippen molar-refractivity contribution in [1.82, 2.24) is 15.1 Å². The second-order valence-electron chi connectivity index (χ2n) is 5.23. The monoisotopic (exact) mass is 287 g/mol. The molecule has 0 saturated carbocycles. The summed E-state index contributed by atoms with van der Waals surface area (Å²) in [7, 11) is 1.68. The van der Waals surface area contributed by atoms with Crippen LogP contribution in [0.25, 0.3) is 0 Å². The molecule has 0 spiro atoms. The Balaban J connectivity index is 2.29. The van der Waals surface area contributed by atoms with Gasteiger partial charge in [0.15, 0.2) is 0 Å². The third-order valence-electron chi connectivity index (χ3n) is 3.86. The highest BCUT2D eigenvalue weighted by Gasteiger charge is 2.38. The second kappa shape index (κ2) is 6.10. The molecule has 1 aromatic heterocycles. The number of hydrogen-bond donors (Lipinski definition) is 2. The zero-order chi connectivity index (χ0) is 15.5. The van der Waals surface area contributed by atoms with Gasteiger partial charge in [-0.3, -0.25) is 4.68 Å². The van der Waals surface area contributed by atoms with E-state index in [0.29, 0.717) is 13.0 Å². The molecule has 2 N–H and O–H groups in total. The Morgan fingerprint density at radius 1 is 1.33 bits per heavy atom. The molecule has 21 heavy (non-hydrogen) atoms. The number of hydrogen-bond acceptors (Lipinski definition) is 3. The van der Waals surface area contributed by atoms with Crippen LogP contribution in [0, 0.1) is 13.8 Å². The van der Waals surface area contributed by atoms with Crippen LogP contribution in [0.5, 0.6) is 0 Å². The lowest BCUT2D eigenvalue weighted by molar-refractivity contribution is -0.145. The number of nitrogens with zero attached hydrogens (tertiary/aromatic N) is 2. The molecule has 0 saturated heterocycles. The third-order valence-corrected chi connectivity index (χ3v) is 3.86. The number of carbonyl (C=O) groups is 1. The van der Waals surface area contributed by atoms with Crippen molar-refractivity contribution in [2.24, 2.45) is 0 Å². The Bertz CT molecular complexity index is 622. The van der Waals surface area contributed by atoms with E-state index in [0.717, 1.165) is 17.0 Å². The minimum absolute atomic E-state index is 0.421. The van der Waals surface area contributed by atoms with Crippen LogP contribution in [0.15, 0.2) is 36.4 Å². The SMILES string of the molecule is CNC(CCn1nc(C)cc1C)(C(=O)O)c1ccccc1. The van der Waals surface area contributed by atoms with Crippen molar-refractivity contribution in [2.45, 2.75) is 32.4 Å². The maximum absolute atomic E-state index is 11.9. The molecule has 2 rings (SSSR count). The highest BCUT2D eigenvalue weighted by molar-refractivity contribution is 5.80. The van der Waals surface area contributed by atoms with Gasteiger partial charge in [0.2, 0.25) is 0 Å². The lowest BCUT2D eigenvalue weighted by atomic mass is 9.86. The number of nitrogens with one attached hydrogen (secondary N) is 1. The fourth-order valence-electron chi connectivity index (χ4n) is 2.65. The summed E-state index contributed by atoms with van der Waals surface area (Å²) in [5.74, 6) is -0.877. The lowest BCUT2D eigenvalue weighted by Gasteiger charge is -2.29. The van der Waals surface area contributed by atoms with Gasteiger partial charge in [-0.1, -0.05) is 30.3 Å². The number of aryl methyl sites for hydroxylation is 3. The van der Waals surface area contributed by atoms with Crippen molar-refractivity contribution in [3.63, 3.8) is 0 Å². The van der Waals surface area contributed by atoms with E-state index in [-0.39, 0.29) is 0 Å². The van der Waals surface area contributed by atoms with E-state index < -0.39 is 11.5 Å². The number of aliphatic carboxylic acids is 1. The van der Waals surface area contributed by atoms with Crippen molar-refractivity contribution in [1.29, 1.82) is 0 Å². The third kappa shape index (κ3) is 2.97. The average molecular weight is 287 g/mol. The molecule has 2 aromatic rings. The van der Waals surface area contributed by atoms with Gasteiger partial charge in [0.1, 0.15) is 5.54 Å². The van der Waals surface area contributed by atoms with Gasteiger partial charge in [-0.15, -0.1) is 0 Å². The van der Waals surface area contributed by atoms with Gasteiger partial charge >= 0.3 is 5.97 Å². The van der Waals surface area contributed by atoms with Crippen LogP contribution in [-0.2, 0) is 16.9 Å². The highest BCUT2D eigenvalue weighted by atomic mass is 16.4. The quantitative estimate of drug-likeness (QED) is 0.853. The summed E-state index contributed by atoms with van der Waals surface area (Å²) in [6.07, 6.45) is 0.421. The molecule has 1 heterocycles. The van der Waals surface area contributed by atoms with Crippen molar-refractivity contribution < 1.29 is 9.90 Å². The first-order valence-electron chi connectivity index (χ1n) is 6.98. The van der Waals surface area contributed by atoms with E-state index in [2.05, 4.69) is 10.4 Å². The molecule has 0 amide bonds. The van der Waals surface area contributed by atoms with E-state index in [1.165, 1.54) is 0 Å². The predicted octanol–water partition coefficient (Wildman–Crippen LogP) is 2.09. The number of aromatic nitrogens is 2. The number of likely N-dealkylation sites (N-methyl/N-ethyl adjacent to an activating group) is 1. The van der Waals surface area contributed by atoms with Crippen molar-refractivity contribution in [3.05, 3.63) is 53.3 Å². The van der Waals surface area contributed by atoms with Gasteiger partial charge in [0.25, 0.3) is 0 Å². The molecule has 0 radical (unpaired) electrons. The van der Waals surface area contributed by atoms with Gasteiger partial charge < -0.3 is 10.4 Å². The Hall–Kier alpha value is -2.14. The first kappa shape index (κ1) is 15.3. The van der Waals surface area contributed by atoms with E-state index in [9.17, 15) is 9.90 Å². The number of rotatable bonds is 6. The molecule has 112 valence electrons. The summed E-state index contributed by atoms with van der Waals surface area (Å²) in [4.78, 5) is 11.9.